The molecule has 0 spiro atoms. The van der Waals surface area contributed by atoms with Gasteiger partial charge in [0.1, 0.15) is 5.82 Å². The van der Waals surface area contributed by atoms with E-state index >= 15 is 0 Å². The van der Waals surface area contributed by atoms with Crippen molar-refractivity contribution in [1.82, 2.24) is 20.4 Å². The van der Waals surface area contributed by atoms with Gasteiger partial charge in [0, 0.05) is 19.5 Å². The molecule has 2 heterocycles. The van der Waals surface area contributed by atoms with Gasteiger partial charge >= 0.3 is 6.03 Å². The number of hydrogen-bond donors (Lipinski definition) is 1. The summed E-state index contributed by atoms with van der Waals surface area (Å²) in [4.78, 5) is 14.5. The highest BCUT2D eigenvalue weighted by atomic mass is 19.1. The third-order valence-electron chi connectivity index (χ3n) is 4.58. The molecule has 3 atom stereocenters. The molecule has 146 valence electrons. The Balaban J connectivity index is 1.61. The van der Waals surface area contributed by atoms with Crippen LogP contribution in [0.5, 0.6) is 0 Å². The molecule has 2 aromatic rings. The number of carbonyl (C=O) groups is 1. The number of aromatic nitrogens is 2. The SMILES string of the molecule is CCC(Cc1ccc(F)cc1)NC(=O)N1C[C@@H](c2nnc(C)o2)O[C@@H](C)C1. The van der Waals surface area contributed by atoms with Gasteiger partial charge in [0.05, 0.1) is 12.6 Å². The van der Waals surface area contributed by atoms with Crippen molar-refractivity contribution in [3.8, 4) is 0 Å². The number of ether oxygens (including phenoxy) is 1. The van der Waals surface area contributed by atoms with Crippen LogP contribution in [0.3, 0.4) is 0 Å². The minimum Gasteiger partial charge on any atom is -0.423 e. The zero-order valence-electron chi connectivity index (χ0n) is 15.8. The highest BCUT2D eigenvalue weighted by Gasteiger charge is 2.33. The number of benzene rings is 1. The smallest absolute Gasteiger partial charge is 0.317 e. The number of nitrogens with zero attached hydrogens (tertiary/aromatic N) is 3. The fraction of sp³-hybridized carbons (Fsp3) is 0.526. The van der Waals surface area contributed by atoms with Crippen LogP contribution < -0.4 is 5.32 Å². The molecule has 0 aliphatic carbocycles. The number of nitrogens with one attached hydrogen (secondary N) is 1. The first-order valence-electron chi connectivity index (χ1n) is 9.20. The first-order valence-corrected chi connectivity index (χ1v) is 9.20. The molecule has 0 saturated carbocycles. The Hall–Kier alpha value is -2.48. The van der Waals surface area contributed by atoms with Gasteiger partial charge in [0.15, 0.2) is 6.10 Å². The van der Waals surface area contributed by atoms with Crippen molar-refractivity contribution in [3.63, 3.8) is 0 Å². The van der Waals surface area contributed by atoms with Crippen LogP contribution in [0.2, 0.25) is 0 Å². The molecule has 1 aliphatic heterocycles. The number of halogens is 1. The van der Waals surface area contributed by atoms with Crippen LogP contribution in [0.4, 0.5) is 9.18 Å². The highest BCUT2D eigenvalue weighted by Crippen LogP contribution is 2.24. The lowest BCUT2D eigenvalue weighted by molar-refractivity contribution is -0.0769. The number of carbonyl (C=O) groups excluding carboxylic acids is 1. The third kappa shape index (κ3) is 5.03. The summed E-state index contributed by atoms with van der Waals surface area (Å²) in [6, 6.07) is 6.17. The summed E-state index contributed by atoms with van der Waals surface area (Å²) < 4.78 is 24.4. The van der Waals surface area contributed by atoms with E-state index in [4.69, 9.17) is 9.15 Å². The maximum absolute atomic E-state index is 13.1. The van der Waals surface area contributed by atoms with Gasteiger partial charge in [-0.1, -0.05) is 19.1 Å². The van der Waals surface area contributed by atoms with Crippen molar-refractivity contribution >= 4 is 6.03 Å². The molecule has 2 amide bonds. The van der Waals surface area contributed by atoms with Crippen LogP contribution in [-0.2, 0) is 11.2 Å². The van der Waals surface area contributed by atoms with Gasteiger partial charge in [-0.15, -0.1) is 10.2 Å². The second-order valence-corrected chi connectivity index (χ2v) is 6.88. The van der Waals surface area contributed by atoms with Crippen molar-refractivity contribution in [2.45, 2.75) is 51.9 Å². The fourth-order valence-corrected chi connectivity index (χ4v) is 3.16. The zero-order valence-corrected chi connectivity index (χ0v) is 15.8. The maximum Gasteiger partial charge on any atom is 0.317 e. The minimum absolute atomic E-state index is 0.0368. The Morgan fingerprint density at radius 2 is 2.07 bits per heavy atom. The zero-order chi connectivity index (χ0) is 19.4. The van der Waals surface area contributed by atoms with Crippen LogP contribution in [-0.4, -0.2) is 46.4 Å². The van der Waals surface area contributed by atoms with Crippen LogP contribution >= 0.6 is 0 Å². The minimum atomic E-state index is -0.433. The Morgan fingerprint density at radius 1 is 1.33 bits per heavy atom. The van der Waals surface area contributed by atoms with E-state index in [0.29, 0.717) is 31.3 Å². The Kier molecular flexibility index (Phi) is 6.05. The van der Waals surface area contributed by atoms with Gasteiger partial charge in [0.2, 0.25) is 11.8 Å². The first kappa shape index (κ1) is 19.3. The van der Waals surface area contributed by atoms with Gasteiger partial charge in [-0.05, 0) is 37.5 Å². The molecule has 7 nitrogen and oxygen atoms in total. The van der Waals surface area contributed by atoms with Crippen molar-refractivity contribution in [1.29, 1.82) is 0 Å². The fourth-order valence-electron chi connectivity index (χ4n) is 3.16. The summed E-state index contributed by atoms with van der Waals surface area (Å²) in [6.45, 7) is 6.48. The monoisotopic (exact) mass is 376 g/mol. The molecule has 8 heteroatoms. The van der Waals surface area contributed by atoms with Crippen LogP contribution in [0.25, 0.3) is 0 Å². The summed E-state index contributed by atoms with van der Waals surface area (Å²) in [7, 11) is 0. The first-order chi connectivity index (χ1) is 12.9. The maximum atomic E-state index is 13.1. The third-order valence-corrected chi connectivity index (χ3v) is 4.58. The molecule has 27 heavy (non-hydrogen) atoms. The summed E-state index contributed by atoms with van der Waals surface area (Å²) in [5, 5.41) is 10.9. The summed E-state index contributed by atoms with van der Waals surface area (Å²) in [6.07, 6.45) is 0.848. The van der Waals surface area contributed by atoms with E-state index in [1.165, 1.54) is 12.1 Å². The van der Waals surface area contributed by atoms with Crippen LogP contribution in [0, 0.1) is 12.7 Å². The van der Waals surface area contributed by atoms with Gasteiger partial charge in [0.25, 0.3) is 0 Å². The number of rotatable bonds is 5. The number of morpholine rings is 1. The average Bonchev–Trinajstić information content (AvgIpc) is 3.09. The average molecular weight is 376 g/mol. The predicted octanol–water partition coefficient (Wildman–Crippen LogP) is 3.01. The second-order valence-electron chi connectivity index (χ2n) is 6.88. The van der Waals surface area contributed by atoms with E-state index in [2.05, 4.69) is 15.5 Å². The van der Waals surface area contributed by atoms with E-state index in [-0.39, 0.29) is 24.0 Å². The largest absolute Gasteiger partial charge is 0.423 e. The van der Waals surface area contributed by atoms with E-state index in [0.717, 1.165) is 12.0 Å². The Morgan fingerprint density at radius 3 is 2.70 bits per heavy atom. The Labute approximate surface area is 157 Å². The number of aryl methyl sites for hydroxylation is 1. The lowest BCUT2D eigenvalue weighted by Crippen LogP contribution is -2.52. The van der Waals surface area contributed by atoms with E-state index in [9.17, 15) is 9.18 Å². The molecule has 1 aromatic carbocycles. The summed E-state index contributed by atoms with van der Waals surface area (Å²) in [5.74, 6) is 0.587. The number of amides is 2. The summed E-state index contributed by atoms with van der Waals surface area (Å²) >= 11 is 0. The number of hydrogen-bond acceptors (Lipinski definition) is 5. The molecule has 1 N–H and O–H groups in total. The van der Waals surface area contributed by atoms with Crippen molar-refractivity contribution < 1.29 is 18.3 Å². The van der Waals surface area contributed by atoms with E-state index in [1.807, 2.05) is 13.8 Å². The lowest BCUT2D eigenvalue weighted by atomic mass is 10.0. The van der Waals surface area contributed by atoms with Crippen molar-refractivity contribution in [2.75, 3.05) is 13.1 Å². The second kappa shape index (κ2) is 8.47. The molecular formula is C19H25FN4O3. The topological polar surface area (TPSA) is 80.5 Å². The van der Waals surface area contributed by atoms with Crippen LogP contribution in [0.15, 0.2) is 28.7 Å². The van der Waals surface area contributed by atoms with Crippen LogP contribution in [0.1, 0.15) is 43.7 Å². The molecule has 3 rings (SSSR count). The molecular weight excluding hydrogens is 351 g/mol. The lowest BCUT2D eigenvalue weighted by Gasteiger charge is -2.36. The quantitative estimate of drug-likeness (QED) is 0.868. The Bertz CT molecular complexity index is 765. The van der Waals surface area contributed by atoms with Crippen molar-refractivity contribution in [2.24, 2.45) is 0 Å². The van der Waals surface area contributed by atoms with E-state index < -0.39 is 6.10 Å². The number of urea groups is 1. The van der Waals surface area contributed by atoms with Gasteiger partial charge in [-0.25, -0.2) is 9.18 Å². The van der Waals surface area contributed by atoms with Gasteiger partial charge < -0.3 is 19.4 Å². The molecule has 1 unspecified atom stereocenters. The molecule has 0 radical (unpaired) electrons. The molecule has 0 bridgehead atoms. The molecule has 1 saturated heterocycles. The standard InChI is InChI=1S/C19H25FN4O3/c1-4-16(9-14-5-7-15(20)8-6-14)21-19(25)24-10-12(2)26-17(11-24)18-23-22-13(3)27-18/h5-8,12,16-17H,4,9-11H2,1-3H3,(H,21,25)/t12-,16?,17-/m0/s1. The van der Waals surface area contributed by atoms with Crippen molar-refractivity contribution in [3.05, 3.63) is 47.4 Å². The summed E-state index contributed by atoms with van der Waals surface area (Å²) in [5.41, 5.74) is 0.984. The molecule has 1 aliphatic rings. The highest BCUT2D eigenvalue weighted by molar-refractivity contribution is 5.74. The van der Waals surface area contributed by atoms with Gasteiger partial charge in [-0.2, -0.15) is 0 Å². The van der Waals surface area contributed by atoms with Gasteiger partial charge in [-0.3, -0.25) is 0 Å². The molecule has 1 fully saturated rings. The van der Waals surface area contributed by atoms with E-state index in [1.54, 1.807) is 24.0 Å². The normalized spacial score (nSPS) is 21.1. The molecule has 1 aromatic heterocycles. The predicted molar refractivity (Wildman–Crippen MR) is 96.6 cm³/mol.